The van der Waals surface area contributed by atoms with Crippen LogP contribution in [-0.2, 0) is 6.42 Å². The van der Waals surface area contributed by atoms with Gasteiger partial charge < -0.3 is 14.0 Å². The molecule has 0 aromatic heterocycles. The van der Waals surface area contributed by atoms with Gasteiger partial charge in [0.2, 0.25) is 69.8 Å². The van der Waals surface area contributed by atoms with Crippen LogP contribution in [0.2, 0.25) is 0 Å². The summed E-state index contributed by atoms with van der Waals surface area (Å²) in [6.07, 6.45) is 0.548. The summed E-state index contributed by atoms with van der Waals surface area (Å²) in [6, 6.07) is 5.39. The van der Waals surface area contributed by atoms with Crippen LogP contribution in [-0.4, -0.2) is 28.5 Å². The van der Waals surface area contributed by atoms with E-state index in [0.717, 1.165) is 6.07 Å². The molecule has 0 aliphatic heterocycles. The van der Waals surface area contributed by atoms with Crippen molar-refractivity contribution in [2.45, 2.75) is 6.42 Å². The molecule has 5 aromatic rings. The molecule has 60 heavy (non-hydrogen) atoms. The van der Waals surface area contributed by atoms with Crippen LogP contribution in [0.4, 0.5) is 89.1 Å². The van der Waals surface area contributed by atoms with E-state index in [0.29, 0.717) is 11.3 Å². The van der Waals surface area contributed by atoms with Crippen LogP contribution in [0.1, 0.15) is 16.7 Å². The minimum absolute atomic E-state index is 0.0126. The fourth-order valence-corrected chi connectivity index (χ4v) is 5.08. The van der Waals surface area contributed by atoms with Gasteiger partial charge in [0.15, 0.2) is 28.9 Å². The van der Waals surface area contributed by atoms with Crippen LogP contribution in [0.25, 0.3) is 6.08 Å². The molecule has 0 atom stereocenters. The Labute approximate surface area is 324 Å². The zero-order valence-electron chi connectivity index (χ0n) is 29.7. The lowest BCUT2D eigenvalue weighted by atomic mass is 9.97. The van der Waals surface area contributed by atoms with Gasteiger partial charge in [-0.05, 0) is 6.07 Å². The summed E-state index contributed by atoms with van der Waals surface area (Å²) < 4.78 is 274. The van der Waals surface area contributed by atoms with Crippen molar-refractivity contribution in [1.82, 2.24) is 4.48 Å². The summed E-state index contributed by atoms with van der Waals surface area (Å²) in [6.45, 7) is 3.63. The lowest BCUT2D eigenvalue weighted by Gasteiger charge is -2.28. The van der Waals surface area contributed by atoms with E-state index in [2.05, 4.69) is 20.5 Å². The molecule has 0 saturated heterocycles. The van der Waals surface area contributed by atoms with Gasteiger partial charge in [0, 0.05) is 23.1 Å². The first kappa shape index (κ1) is 46.6. The van der Waals surface area contributed by atoms with E-state index in [-0.39, 0.29) is 10.0 Å². The minimum Gasteiger partial charge on any atom is -0.484 e. The molecule has 320 valence electrons. The molecule has 0 radical (unpaired) electrons. The average molecular weight is 883 g/mol. The van der Waals surface area contributed by atoms with Gasteiger partial charge in [-0.25, -0.2) is 48.3 Å². The molecule has 0 fully saturated rings. The highest BCUT2D eigenvalue weighted by Crippen LogP contribution is 2.38. The predicted molar refractivity (Wildman–Crippen MR) is 170 cm³/mol. The highest BCUT2D eigenvalue weighted by atomic mass is 19.2. The van der Waals surface area contributed by atoms with E-state index in [4.69, 9.17) is 0 Å². The van der Waals surface area contributed by atoms with Gasteiger partial charge in [0.1, 0.15) is 5.69 Å². The van der Waals surface area contributed by atoms with Gasteiger partial charge in [-0.2, -0.15) is 26.3 Å². The maximum atomic E-state index is 15.4. The normalized spacial score (nSPS) is 11.3. The molecular weight excluding hydrogens is 866 g/mol. The standard InChI is InChI=1S/C30H17BF14NO3.C6F5/c1-5-10-7-6-8-11(27(10)46(2,3)4)9-12-13(32)21(40)28(22(41)14(12)33)47-31(48-29-23(42)17(36)15(34)18(37)24(29)43)49-30-25(44)19(38)16(35)20(39)26(30)45;7-2-1-3(8)5(10)6(11)4(2)9/h5-8H,1,9H2,2-4H3;/q+1;-1. The quantitative estimate of drug-likeness (QED) is 0.0349. The van der Waals surface area contributed by atoms with Crippen molar-refractivity contribution >= 4 is 19.1 Å². The first-order chi connectivity index (χ1) is 27.8. The van der Waals surface area contributed by atoms with E-state index >= 15 is 17.6 Å². The molecule has 5 rings (SSSR count). The Balaban J connectivity index is 0.000000624. The zero-order chi connectivity index (χ0) is 45.5. The van der Waals surface area contributed by atoms with Crippen LogP contribution in [0.5, 0.6) is 17.2 Å². The van der Waals surface area contributed by atoms with Crippen LogP contribution >= 0.6 is 0 Å². The van der Waals surface area contributed by atoms with Gasteiger partial charge in [-0.1, -0.05) is 24.8 Å². The van der Waals surface area contributed by atoms with Crippen molar-refractivity contribution in [1.29, 1.82) is 0 Å². The largest absolute Gasteiger partial charge is 0.864 e. The average Bonchev–Trinajstić information content (AvgIpc) is 3.21. The number of benzene rings is 5. The number of quaternary nitrogens is 1. The molecule has 0 aliphatic rings. The summed E-state index contributed by atoms with van der Waals surface area (Å²) in [5, 5.41) is 0. The highest BCUT2D eigenvalue weighted by Gasteiger charge is 2.42. The third-order valence-electron chi connectivity index (χ3n) is 7.69. The Hall–Kier alpha value is -6.07. The minimum atomic E-state index is -3.69. The number of halogens is 19. The monoisotopic (exact) mass is 883 g/mol. The third kappa shape index (κ3) is 8.77. The van der Waals surface area contributed by atoms with Gasteiger partial charge in [0.05, 0.1) is 50.2 Å². The fraction of sp³-hybridized carbons (Fsp3) is 0.111. The number of hydrogen-bond donors (Lipinski definition) is 0. The second-order valence-corrected chi connectivity index (χ2v) is 12.4. The Kier molecular flexibility index (Phi) is 13.7. The molecule has 0 heterocycles. The molecule has 0 N–H and O–H groups in total. The topological polar surface area (TPSA) is 27.7 Å². The number of rotatable bonds is 10. The van der Waals surface area contributed by atoms with Crippen molar-refractivity contribution in [2.24, 2.45) is 0 Å². The lowest BCUT2D eigenvalue weighted by molar-refractivity contribution is 0.249. The van der Waals surface area contributed by atoms with E-state index < -0.39 is 147 Å². The van der Waals surface area contributed by atoms with Crippen LogP contribution < -0.4 is 18.4 Å². The van der Waals surface area contributed by atoms with E-state index in [1.165, 1.54) is 18.2 Å². The molecule has 24 heteroatoms. The lowest BCUT2D eigenvalue weighted by Crippen LogP contribution is -2.39. The van der Waals surface area contributed by atoms with Crippen molar-refractivity contribution in [3.05, 3.63) is 158 Å². The van der Waals surface area contributed by atoms with Crippen LogP contribution in [0.15, 0.2) is 24.8 Å². The first-order valence-corrected chi connectivity index (χ1v) is 15.6. The summed E-state index contributed by atoms with van der Waals surface area (Å²) in [5.74, 6) is -54.5. The first-order valence-electron chi connectivity index (χ1n) is 15.6. The molecule has 0 amide bonds. The Morgan fingerprint density at radius 1 is 0.483 bits per heavy atom. The van der Waals surface area contributed by atoms with Gasteiger partial charge in [-0.15, -0.1) is 6.07 Å². The van der Waals surface area contributed by atoms with Crippen LogP contribution in [0, 0.1) is 117 Å². The second-order valence-electron chi connectivity index (χ2n) is 12.4. The second kappa shape index (κ2) is 17.7. The number of hydrogen-bond acceptors (Lipinski definition) is 3. The summed E-state index contributed by atoms with van der Waals surface area (Å²) >= 11 is 0. The molecule has 5 aromatic carbocycles. The summed E-state index contributed by atoms with van der Waals surface area (Å²) in [5.41, 5.74) is -0.302. The smallest absolute Gasteiger partial charge is 0.484 e. The molecule has 4 nitrogen and oxygen atoms in total. The Morgan fingerprint density at radius 3 is 1.13 bits per heavy atom. The maximum Gasteiger partial charge on any atom is 0.864 e. The molecule has 0 bridgehead atoms. The Bertz CT molecular complexity index is 2350. The van der Waals surface area contributed by atoms with Crippen LogP contribution in [0.3, 0.4) is 0 Å². The van der Waals surface area contributed by atoms with E-state index in [1.807, 2.05) is 0 Å². The third-order valence-corrected chi connectivity index (χ3v) is 7.69. The summed E-state index contributed by atoms with van der Waals surface area (Å²) in [7, 11) is 1.24. The van der Waals surface area contributed by atoms with E-state index in [9.17, 15) is 65.9 Å². The van der Waals surface area contributed by atoms with Gasteiger partial charge in [-0.3, -0.25) is 13.3 Å². The SMILES string of the molecule is C=Cc1cccc(Cc2c(F)c(F)c(OB(Oc3c(F)c(F)c(F)c(F)c3F)Oc3c(F)c(F)c(F)c(F)c3F)c(F)c2F)c1[N+](C)(C)C.Fc1[c-]c(F)c(F)c(F)c1F. The number of nitrogens with zero attached hydrogens (tertiary/aromatic N) is 1. The van der Waals surface area contributed by atoms with Gasteiger partial charge in [0.25, 0.3) is 0 Å². The van der Waals surface area contributed by atoms with Crippen molar-refractivity contribution < 1.29 is 97.4 Å². The van der Waals surface area contributed by atoms with Crippen molar-refractivity contribution in [3.8, 4) is 17.2 Å². The molecule has 0 spiro atoms. The molecule has 0 saturated carbocycles. The van der Waals surface area contributed by atoms with Gasteiger partial charge >= 0.3 is 7.32 Å². The molecule has 0 unspecified atom stereocenters. The van der Waals surface area contributed by atoms with Crippen molar-refractivity contribution in [3.63, 3.8) is 0 Å². The predicted octanol–water partition coefficient (Wildman–Crippen LogP) is 10.8. The molecule has 0 aliphatic carbocycles. The summed E-state index contributed by atoms with van der Waals surface area (Å²) in [4.78, 5) is 0. The fourth-order valence-electron chi connectivity index (χ4n) is 5.08. The highest BCUT2D eigenvalue weighted by molar-refractivity contribution is 6.39. The zero-order valence-corrected chi connectivity index (χ0v) is 29.7. The maximum absolute atomic E-state index is 15.4. The number of para-hydroxylation sites is 1. The Morgan fingerprint density at radius 2 is 0.800 bits per heavy atom. The van der Waals surface area contributed by atoms with E-state index in [1.54, 1.807) is 27.2 Å². The van der Waals surface area contributed by atoms with Crippen molar-refractivity contribution in [2.75, 3.05) is 21.1 Å². The molecular formula is C36H17BF19NO3.